The van der Waals surface area contributed by atoms with Gasteiger partial charge in [0.2, 0.25) is 5.96 Å². The minimum absolute atomic E-state index is 0.523. The zero-order valence-electron chi connectivity index (χ0n) is 15.8. The van der Waals surface area contributed by atoms with E-state index in [1.165, 1.54) is 5.56 Å². The maximum absolute atomic E-state index is 9.24. The minimum Gasteiger partial charge on any atom is -0.383 e. The van der Waals surface area contributed by atoms with Gasteiger partial charge in [-0.15, -0.1) is 0 Å². The van der Waals surface area contributed by atoms with Gasteiger partial charge in [-0.1, -0.05) is 48.0 Å². The van der Waals surface area contributed by atoms with Gasteiger partial charge in [-0.3, -0.25) is 5.32 Å². The number of rotatable bonds is 2. The first-order valence-corrected chi connectivity index (χ1v) is 9.77. The molecule has 0 fully saturated rings. The van der Waals surface area contributed by atoms with Crippen molar-refractivity contribution in [2.45, 2.75) is 6.54 Å². The molecule has 2 N–H and O–H groups in total. The number of anilines is 1. The third-order valence-electron chi connectivity index (χ3n) is 4.80. The topological polar surface area (TPSA) is 63.5 Å². The molecular weight excluding hydrogens is 382 g/mol. The van der Waals surface area contributed by atoms with Crippen LogP contribution in [-0.2, 0) is 6.54 Å². The molecule has 0 aliphatic carbocycles. The molecule has 0 bridgehead atoms. The predicted octanol–water partition coefficient (Wildman–Crippen LogP) is 4.99. The Morgan fingerprint density at radius 2 is 1.83 bits per heavy atom. The Labute approximate surface area is 175 Å². The standard InChI is InChI=1S/C23H20ClN5/c24-20-7-9-21(10-8-20)28-23(27-16-25)29-13-12-26-22-11-6-18(14-19(22)15-29)17-4-2-1-3-5-17/h1-11,14,26H,12-13,15H2,(H,27,28). The van der Waals surface area contributed by atoms with E-state index in [0.717, 1.165) is 35.6 Å². The molecule has 5 nitrogen and oxygen atoms in total. The highest BCUT2D eigenvalue weighted by Crippen LogP contribution is 2.28. The molecule has 0 saturated heterocycles. The van der Waals surface area contributed by atoms with Crippen LogP contribution in [-0.4, -0.2) is 23.9 Å². The summed E-state index contributed by atoms with van der Waals surface area (Å²) in [6, 6.07) is 24.0. The first-order chi connectivity index (χ1) is 14.2. The summed E-state index contributed by atoms with van der Waals surface area (Å²) in [6.45, 7) is 2.12. The molecule has 1 aliphatic rings. The van der Waals surface area contributed by atoms with E-state index in [2.05, 4.69) is 50.9 Å². The van der Waals surface area contributed by atoms with E-state index in [0.29, 0.717) is 17.5 Å². The van der Waals surface area contributed by atoms with E-state index in [1.54, 1.807) is 12.1 Å². The van der Waals surface area contributed by atoms with Gasteiger partial charge >= 0.3 is 0 Å². The smallest absolute Gasteiger partial charge is 0.212 e. The minimum atomic E-state index is 0.523. The van der Waals surface area contributed by atoms with E-state index >= 15 is 0 Å². The van der Waals surface area contributed by atoms with Crippen LogP contribution in [0.2, 0.25) is 5.02 Å². The molecular formula is C23H20ClN5. The normalized spacial score (nSPS) is 13.7. The van der Waals surface area contributed by atoms with Crippen LogP contribution < -0.4 is 10.6 Å². The maximum Gasteiger partial charge on any atom is 0.212 e. The van der Waals surface area contributed by atoms with Crippen molar-refractivity contribution < 1.29 is 0 Å². The van der Waals surface area contributed by atoms with E-state index in [-0.39, 0.29) is 0 Å². The highest BCUT2D eigenvalue weighted by molar-refractivity contribution is 6.30. The lowest BCUT2D eigenvalue weighted by molar-refractivity contribution is 0.425. The number of nitrogens with one attached hydrogen (secondary N) is 2. The number of hydrogen-bond donors (Lipinski definition) is 2. The van der Waals surface area contributed by atoms with Gasteiger partial charge in [0.1, 0.15) is 0 Å². The third kappa shape index (κ3) is 4.50. The molecule has 3 aromatic carbocycles. The molecule has 0 amide bonds. The van der Waals surface area contributed by atoms with Crippen molar-refractivity contribution in [1.29, 1.82) is 5.26 Å². The van der Waals surface area contributed by atoms with Crippen molar-refractivity contribution in [2.24, 2.45) is 4.99 Å². The summed E-state index contributed by atoms with van der Waals surface area (Å²) in [5, 5.41) is 16.1. The zero-order chi connectivity index (χ0) is 20.1. The molecule has 0 radical (unpaired) electrons. The van der Waals surface area contributed by atoms with Crippen LogP contribution >= 0.6 is 11.6 Å². The molecule has 1 aliphatic heterocycles. The lowest BCUT2D eigenvalue weighted by Crippen LogP contribution is -2.40. The number of aliphatic imine (C=N–C) groups is 1. The summed E-state index contributed by atoms with van der Waals surface area (Å²) in [5.74, 6) is 0.523. The number of benzene rings is 3. The second kappa shape index (κ2) is 8.68. The Balaban J connectivity index is 1.65. The molecule has 0 atom stereocenters. The summed E-state index contributed by atoms with van der Waals surface area (Å²) in [7, 11) is 0. The number of hydrogen-bond acceptors (Lipinski definition) is 3. The van der Waals surface area contributed by atoms with Gasteiger partial charge < -0.3 is 10.2 Å². The average molecular weight is 402 g/mol. The summed E-state index contributed by atoms with van der Waals surface area (Å²) in [5.41, 5.74) is 5.35. The Bertz CT molecular complexity index is 1050. The monoisotopic (exact) mass is 401 g/mol. The highest BCUT2D eigenvalue weighted by Gasteiger charge is 2.18. The van der Waals surface area contributed by atoms with Crippen LogP contribution in [0.5, 0.6) is 0 Å². The van der Waals surface area contributed by atoms with Crippen molar-refractivity contribution in [3.63, 3.8) is 0 Å². The highest BCUT2D eigenvalue weighted by atomic mass is 35.5. The van der Waals surface area contributed by atoms with Crippen molar-refractivity contribution in [3.05, 3.63) is 83.4 Å². The van der Waals surface area contributed by atoms with Crippen molar-refractivity contribution in [1.82, 2.24) is 10.2 Å². The molecule has 0 unspecified atom stereocenters. The molecule has 0 aromatic heterocycles. The summed E-state index contributed by atoms with van der Waals surface area (Å²) < 4.78 is 0. The fourth-order valence-electron chi connectivity index (χ4n) is 3.36. The second-order valence-electron chi connectivity index (χ2n) is 6.73. The Kier molecular flexibility index (Phi) is 5.64. The molecule has 0 saturated carbocycles. The van der Waals surface area contributed by atoms with Gasteiger partial charge in [0.05, 0.1) is 5.69 Å². The van der Waals surface area contributed by atoms with Gasteiger partial charge in [0.25, 0.3) is 0 Å². The quantitative estimate of drug-likeness (QED) is 0.275. The van der Waals surface area contributed by atoms with Crippen molar-refractivity contribution in [2.75, 3.05) is 18.4 Å². The van der Waals surface area contributed by atoms with E-state index in [4.69, 9.17) is 11.6 Å². The first-order valence-electron chi connectivity index (χ1n) is 9.39. The Morgan fingerprint density at radius 1 is 1.03 bits per heavy atom. The van der Waals surface area contributed by atoms with Gasteiger partial charge in [0, 0.05) is 30.3 Å². The third-order valence-corrected chi connectivity index (χ3v) is 5.05. The molecule has 0 spiro atoms. The fourth-order valence-corrected chi connectivity index (χ4v) is 3.49. The molecule has 1 heterocycles. The van der Waals surface area contributed by atoms with Crippen LogP contribution in [0, 0.1) is 11.5 Å². The fraction of sp³-hybridized carbons (Fsp3) is 0.130. The van der Waals surface area contributed by atoms with Crippen LogP contribution in [0.4, 0.5) is 11.4 Å². The molecule has 4 rings (SSSR count). The van der Waals surface area contributed by atoms with Gasteiger partial charge in [0.15, 0.2) is 6.19 Å². The largest absolute Gasteiger partial charge is 0.383 e. The lowest BCUT2D eigenvalue weighted by Gasteiger charge is -2.23. The lowest BCUT2D eigenvalue weighted by atomic mass is 10.0. The number of nitriles is 1. The number of halogens is 1. The van der Waals surface area contributed by atoms with E-state index in [9.17, 15) is 5.26 Å². The number of guanidine groups is 1. The summed E-state index contributed by atoms with van der Waals surface area (Å²) in [6.07, 6.45) is 2.01. The van der Waals surface area contributed by atoms with Gasteiger partial charge in [-0.05, 0) is 53.1 Å². The Morgan fingerprint density at radius 3 is 2.59 bits per heavy atom. The molecule has 29 heavy (non-hydrogen) atoms. The SMILES string of the molecule is N#CNC(=Nc1ccc(Cl)cc1)N1CCNc2ccc(-c3ccccc3)cc2C1. The van der Waals surface area contributed by atoms with Gasteiger partial charge in [-0.2, -0.15) is 5.26 Å². The zero-order valence-corrected chi connectivity index (χ0v) is 16.5. The van der Waals surface area contributed by atoms with Crippen LogP contribution in [0.25, 0.3) is 11.1 Å². The molecule has 6 heteroatoms. The van der Waals surface area contributed by atoms with Crippen molar-refractivity contribution >= 4 is 28.9 Å². The van der Waals surface area contributed by atoms with Gasteiger partial charge in [-0.25, -0.2) is 4.99 Å². The predicted molar refractivity (Wildman–Crippen MR) is 118 cm³/mol. The van der Waals surface area contributed by atoms with Crippen LogP contribution in [0.1, 0.15) is 5.56 Å². The molecule has 144 valence electrons. The number of nitrogens with zero attached hydrogens (tertiary/aromatic N) is 3. The molecule has 3 aromatic rings. The average Bonchev–Trinajstić information content (AvgIpc) is 2.97. The summed E-state index contributed by atoms with van der Waals surface area (Å²) >= 11 is 5.97. The van der Waals surface area contributed by atoms with Crippen LogP contribution in [0.3, 0.4) is 0 Å². The summed E-state index contributed by atoms with van der Waals surface area (Å²) in [4.78, 5) is 6.71. The van der Waals surface area contributed by atoms with E-state index in [1.807, 2.05) is 36.5 Å². The first kappa shape index (κ1) is 18.9. The van der Waals surface area contributed by atoms with Crippen molar-refractivity contribution in [3.8, 4) is 17.3 Å². The second-order valence-corrected chi connectivity index (χ2v) is 7.17. The van der Waals surface area contributed by atoms with Crippen LogP contribution in [0.15, 0.2) is 77.8 Å². The Hall–Kier alpha value is -3.49. The number of fused-ring (bicyclic) bond motifs is 1. The van der Waals surface area contributed by atoms with E-state index < -0.39 is 0 Å². The maximum atomic E-state index is 9.24.